The summed E-state index contributed by atoms with van der Waals surface area (Å²) in [6.07, 6.45) is 2.26. The van der Waals surface area contributed by atoms with E-state index in [4.69, 9.17) is 13.3 Å². The van der Waals surface area contributed by atoms with Gasteiger partial charge >= 0.3 is 8.72 Å². The molecule has 0 aromatic rings. The predicted octanol–water partition coefficient (Wildman–Crippen LogP) is 2.35. The first-order valence-electron chi connectivity index (χ1n) is 5.96. The fraction of sp³-hybridized carbons (Fsp3) is 1.00. The van der Waals surface area contributed by atoms with Gasteiger partial charge in [-0.15, -0.1) is 0 Å². The van der Waals surface area contributed by atoms with E-state index in [0.29, 0.717) is 0 Å². The number of rotatable bonds is 9. The van der Waals surface area contributed by atoms with Crippen LogP contribution in [0.15, 0.2) is 0 Å². The van der Waals surface area contributed by atoms with E-state index >= 15 is 0 Å². The van der Waals surface area contributed by atoms with Crippen molar-refractivity contribution < 1.29 is 13.3 Å². The van der Waals surface area contributed by atoms with Gasteiger partial charge in [-0.1, -0.05) is 26.7 Å². The maximum atomic E-state index is 5.82. The third-order valence-corrected chi connectivity index (χ3v) is 11.5. The summed E-state index contributed by atoms with van der Waals surface area (Å²) < 4.78 is 20.4. The maximum absolute atomic E-state index is 5.82. The Bertz CT molecular complexity index is 183. The van der Waals surface area contributed by atoms with Crippen LogP contribution in [0.2, 0.25) is 18.6 Å². The zero-order chi connectivity index (χ0) is 12.7. The lowest BCUT2D eigenvalue weighted by molar-refractivity contribution is 0.238. The van der Waals surface area contributed by atoms with E-state index in [2.05, 4.69) is 18.5 Å². The molecule has 6 heteroatoms. The highest BCUT2D eigenvalue weighted by Crippen LogP contribution is 2.20. The first-order chi connectivity index (χ1) is 7.51. The van der Waals surface area contributed by atoms with Crippen LogP contribution in [0, 0.1) is 0 Å². The summed E-state index contributed by atoms with van der Waals surface area (Å²) in [5.74, 6) is 0. The molecule has 0 saturated carbocycles. The van der Waals surface area contributed by atoms with E-state index in [1.165, 1.54) is 0 Å². The standard InChI is InChI=1S/C10H27NO3Si2/c1-7-9-16(14-5,10-8-2)11-15(6,12-3)13-4/h11H,7-10H2,1-6H3. The van der Waals surface area contributed by atoms with Crippen LogP contribution < -0.4 is 4.65 Å². The molecule has 1 N–H and O–H groups in total. The summed E-state index contributed by atoms with van der Waals surface area (Å²) in [6.45, 7) is 6.41. The van der Waals surface area contributed by atoms with Gasteiger partial charge in [0.25, 0.3) is 8.48 Å². The molecule has 16 heavy (non-hydrogen) atoms. The first-order valence-corrected chi connectivity index (χ1v) is 10.6. The van der Waals surface area contributed by atoms with Gasteiger partial charge in [0.2, 0.25) is 0 Å². The molecule has 0 spiro atoms. The molecule has 0 aliphatic carbocycles. The molecular formula is C10H27NO3Si2. The normalized spacial score (nSPS) is 13.1. The zero-order valence-electron chi connectivity index (χ0n) is 11.6. The maximum Gasteiger partial charge on any atom is 0.416 e. The molecule has 0 unspecified atom stereocenters. The molecule has 0 aliphatic rings. The molecule has 0 aliphatic heterocycles. The van der Waals surface area contributed by atoms with Crippen molar-refractivity contribution in [2.75, 3.05) is 21.3 Å². The van der Waals surface area contributed by atoms with Crippen LogP contribution in [0.3, 0.4) is 0 Å². The van der Waals surface area contributed by atoms with E-state index in [-0.39, 0.29) is 0 Å². The molecule has 4 nitrogen and oxygen atoms in total. The van der Waals surface area contributed by atoms with Gasteiger partial charge < -0.3 is 13.3 Å². The van der Waals surface area contributed by atoms with Crippen LogP contribution in [-0.2, 0) is 13.3 Å². The molecular weight excluding hydrogens is 238 g/mol. The van der Waals surface area contributed by atoms with Crippen LogP contribution in [-0.4, -0.2) is 38.5 Å². The van der Waals surface area contributed by atoms with Gasteiger partial charge in [-0.3, -0.25) is 4.65 Å². The Morgan fingerprint density at radius 3 is 1.56 bits per heavy atom. The van der Waals surface area contributed by atoms with Gasteiger partial charge in [0, 0.05) is 21.3 Å². The molecule has 0 rings (SSSR count). The minimum absolute atomic E-state index is 1.10. The summed E-state index contributed by atoms with van der Waals surface area (Å²) in [6, 6.07) is 2.21. The van der Waals surface area contributed by atoms with Gasteiger partial charge in [-0.05, 0) is 18.6 Å². The Labute approximate surface area is 102 Å². The Hall–Kier alpha value is 0.274. The first kappa shape index (κ1) is 16.3. The van der Waals surface area contributed by atoms with E-state index in [0.717, 1.165) is 24.9 Å². The Morgan fingerprint density at radius 2 is 1.31 bits per heavy atom. The quantitative estimate of drug-likeness (QED) is 0.650. The molecule has 0 aromatic carbocycles. The summed E-state index contributed by atoms with van der Waals surface area (Å²) in [5.41, 5.74) is 0. The Kier molecular flexibility index (Phi) is 7.70. The molecule has 0 saturated heterocycles. The summed E-state index contributed by atoms with van der Waals surface area (Å²) >= 11 is 0. The van der Waals surface area contributed by atoms with Crippen molar-refractivity contribution in [3.05, 3.63) is 0 Å². The molecule has 0 amide bonds. The van der Waals surface area contributed by atoms with Crippen molar-refractivity contribution in [2.45, 2.75) is 45.3 Å². The summed E-state index contributed by atoms with van der Waals surface area (Å²) in [5, 5.41) is 0. The highest BCUT2D eigenvalue weighted by Gasteiger charge is 2.43. The lowest BCUT2D eigenvalue weighted by Crippen LogP contribution is -2.66. The molecule has 0 atom stereocenters. The second kappa shape index (κ2) is 7.57. The minimum Gasteiger partial charge on any atom is -0.407 e. The second-order valence-corrected chi connectivity index (χ2v) is 11.3. The largest absolute Gasteiger partial charge is 0.416 e. The average Bonchev–Trinajstić information content (AvgIpc) is 2.29. The topological polar surface area (TPSA) is 39.7 Å². The van der Waals surface area contributed by atoms with Crippen molar-refractivity contribution in [1.29, 1.82) is 0 Å². The Balaban J connectivity index is 4.73. The Morgan fingerprint density at radius 1 is 0.875 bits per heavy atom. The number of nitrogens with one attached hydrogen (secondary N) is 1. The van der Waals surface area contributed by atoms with Crippen LogP contribution in [0.25, 0.3) is 0 Å². The molecule has 98 valence electrons. The van der Waals surface area contributed by atoms with Crippen molar-refractivity contribution >= 4 is 17.2 Å². The van der Waals surface area contributed by atoms with E-state index < -0.39 is 17.2 Å². The smallest absolute Gasteiger partial charge is 0.407 e. The van der Waals surface area contributed by atoms with Crippen LogP contribution in [0.4, 0.5) is 0 Å². The van der Waals surface area contributed by atoms with Crippen molar-refractivity contribution in [3.8, 4) is 0 Å². The van der Waals surface area contributed by atoms with Crippen LogP contribution in [0.5, 0.6) is 0 Å². The predicted molar refractivity (Wildman–Crippen MR) is 71.7 cm³/mol. The third kappa shape index (κ3) is 4.64. The minimum atomic E-state index is -2.24. The van der Waals surface area contributed by atoms with Gasteiger partial charge in [0.15, 0.2) is 0 Å². The van der Waals surface area contributed by atoms with Crippen molar-refractivity contribution in [3.63, 3.8) is 0 Å². The fourth-order valence-electron chi connectivity index (χ4n) is 1.91. The highest BCUT2D eigenvalue weighted by atomic mass is 28.4. The highest BCUT2D eigenvalue weighted by molar-refractivity contribution is 6.84. The van der Waals surface area contributed by atoms with Gasteiger partial charge in [0.05, 0.1) is 0 Å². The van der Waals surface area contributed by atoms with E-state index in [9.17, 15) is 0 Å². The van der Waals surface area contributed by atoms with Crippen molar-refractivity contribution in [2.24, 2.45) is 0 Å². The van der Waals surface area contributed by atoms with E-state index in [1.54, 1.807) is 14.2 Å². The molecule has 0 heterocycles. The van der Waals surface area contributed by atoms with Gasteiger partial charge in [-0.2, -0.15) is 0 Å². The molecule has 0 aromatic heterocycles. The monoisotopic (exact) mass is 265 g/mol. The average molecular weight is 266 g/mol. The second-order valence-electron chi connectivity index (χ2n) is 4.18. The lowest BCUT2D eigenvalue weighted by Gasteiger charge is -2.36. The van der Waals surface area contributed by atoms with E-state index in [1.807, 2.05) is 13.7 Å². The van der Waals surface area contributed by atoms with Crippen LogP contribution >= 0.6 is 0 Å². The third-order valence-electron chi connectivity index (χ3n) is 2.93. The summed E-state index contributed by atoms with van der Waals surface area (Å²) in [7, 11) is 1.09. The molecule has 0 bridgehead atoms. The number of hydrogen-bond donors (Lipinski definition) is 1. The van der Waals surface area contributed by atoms with Gasteiger partial charge in [0.1, 0.15) is 0 Å². The zero-order valence-corrected chi connectivity index (χ0v) is 13.6. The van der Waals surface area contributed by atoms with Crippen LogP contribution in [0.1, 0.15) is 26.7 Å². The van der Waals surface area contributed by atoms with Crippen molar-refractivity contribution in [1.82, 2.24) is 4.65 Å². The lowest BCUT2D eigenvalue weighted by atomic mass is 10.6. The molecule has 0 radical (unpaired) electrons. The molecule has 0 fully saturated rings. The SMILES string of the molecule is CCC[Si](CCC)(N[Si](C)(OC)OC)OC. The summed E-state index contributed by atoms with van der Waals surface area (Å²) in [4.78, 5) is 0. The van der Waals surface area contributed by atoms with Gasteiger partial charge in [-0.25, -0.2) is 0 Å². The number of hydrogen-bond acceptors (Lipinski definition) is 4. The fourth-order valence-corrected chi connectivity index (χ4v) is 9.89.